The van der Waals surface area contributed by atoms with Gasteiger partial charge in [0.15, 0.2) is 0 Å². The lowest BCUT2D eigenvalue weighted by atomic mass is 10.1. The number of amides is 1. The number of para-hydroxylation sites is 1. The highest BCUT2D eigenvalue weighted by molar-refractivity contribution is 7.99. The predicted octanol–water partition coefficient (Wildman–Crippen LogP) is 4.43. The fourth-order valence-electron chi connectivity index (χ4n) is 3.51. The monoisotopic (exact) mass is 482 g/mol. The third kappa shape index (κ3) is 6.23. The number of rotatable bonds is 8. The summed E-state index contributed by atoms with van der Waals surface area (Å²) in [4.78, 5) is 14.9. The van der Waals surface area contributed by atoms with Crippen molar-refractivity contribution in [2.75, 3.05) is 31.6 Å². The van der Waals surface area contributed by atoms with Gasteiger partial charge in [0.05, 0.1) is 23.8 Å². The largest absolute Gasteiger partial charge is 0.379 e. The summed E-state index contributed by atoms with van der Waals surface area (Å²) in [6.45, 7) is 1.57. The van der Waals surface area contributed by atoms with Crippen molar-refractivity contribution in [3.8, 4) is 0 Å². The smallest absolute Gasteiger partial charge is 0.243 e. The molecule has 1 fully saturated rings. The van der Waals surface area contributed by atoms with Gasteiger partial charge in [-0.25, -0.2) is 8.42 Å². The molecule has 1 heterocycles. The first kappa shape index (κ1) is 23.5. The fraction of sp³-hybridized carbons (Fsp3) is 0.240. The second-order valence-corrected chi connectivity index (χ2v) is 10.7. The first-order valence-corrected chi connectivity index (χ1v) is 13.1. The van der Waals surface area contributed by atoms with Crippen LogP contribution in [0.15, 0.2) is 93.5 Å². The van der Waals surface area contributed by atoms with Crippen LogP contribution in [0.4, 0.5) is 5.69 Å². The van der Waals surface area contributed by atoms with Gasteiger partial charge in [-0.2, -0.15) is 4.31 Å². The van der Waals surface area contributed by atoms with Gasteiger partial charge < -0.3 is 10.1 Å². The van der Waals surface area contributed by atoms with Gasteiger partial charge in [-0.1, -0.05) is 54.2 Å². The highest BCUT2D eigenvalue weighted by atomic mass is 32.2. The zero-order valence-electron chi connectivity index (χ0n) is 18.1. The summed E-state index contributed by atoms with van der Waals surface area (Å²) in [5.41, 5.74) is 1.70. The third-order valence-corrected chi connectivity index (χ3v) is 8.30. The van der Waals surface area contributed by atoms with Crippen molar-refractivity contribution < 1.29 is 17.9 Å². The fourth-order valence-corrected chi connectivity index (χ4v) is 5.84. The number of sulfonamides is 1. The van der Waals surface area contributed by atoms with Crippen molar-refractivity contribution in [3.63, 3.8) is 0 Å². The minimum atomic E-state index is -3.51. The van der Waals surface area contributed by atoms with Gasteiger partial charge in [0.1, 0.15) is 0 Å². The predicted molar refractivity (Wildman–Crippen MR) is 130 cm³/mol. The Labute approximate surface area is 199 Å². The van der Waals surface area contributed by atoms with Crippen molar-refractivity contribution >= 4 is 33.4 Å². The molecule has 3 aromatic carbocycles. The Morgan fingerprint density at radius 1 is 0.909 bits per heavy atom. The van der Waals surface area contributed by atoms with E-state index in [1.165, 1.54) is 4.31 Å². The Kier molecular flexibility index (Phi) is 7.82. The second kappa shape index (κ2) is 11.0. The molecule has 1 amide bonds. The molecule has 3 aromatic rings. The van der Waals surface area contributed by atoms with E-state index in [4.69, 9.17) is 4.74 Å². The summed E-state index contributed by atoms with van der Waals surface area (Å²) in [5, 5.41) is 3.01. The SMILES string of the molecule is O=C(CCc1ccc(S(=O)(=O)N2CCOCC2)cc1)Nc1ccccc1Sc1ccccc1. The Morgan fingerprint density at radius 2 is 1.58 bits per heavy atom. The summed E-state index contributed by atoms with van der Waals surface area (Å²) in [7, 11) is -3.51. The number of nitrogens with zero attached hydrogens (tertiary/aromatic N) is 1. The number of aryl methyl sites for hydroxylation is 1. The van der Waals surface area contributed by atoms with Crippen LogP contribution in [0.1, 0.15) is 12.0 Å². The molecule has 1 aliphatic heterocycles. The zero-order valence-corrected chi connectivity index (χ0v) is 19.8. The summed E-state index contributed by atoms with van der Waals surface area (Å²) >= 11 is 1.60. The lowest BCUT2D eigenvalue weighted by Crippen LogP contribution is -2.40. The number of hydrogen-bond acceptors (Lipinski definition) is 5. The van der Waals surface area contributed by atoms with Crippen LogP contribution in [0.3, 0.4) is 0 Å². The van der Waals surface area contributed by atoms with Gasteiger partial charge in [0.2, 0.25) is 15.9 Å². The van der Waals surface area contributed by atoms with E-state index in [9.17, 15) is 13.2 Å². The highest BCUT2D eigenvalue weighted by Crippen LogP contribution is 2.33. The van der Waals surface area contributed by atoms with Gasteiger partial charge in [-0.05, 0) is 48.4 Å². The lowest BCUT2D eigenvalue weighted by Gasteiger charge is -2.26. The maximum atomic E-state index is 12.7. The van der Waals surface area contributed by atoms with Crippen molar-refractivity contribution in [1.82, 2.24) is 4.31 Å². The van der Waals surface area contributed by atoms with Gasteiger partial charge in [-0.3, -0.25) is 4.79 Å². The van der Waals surface area contributed by atoms with E-state index < -0.39 is 10.0 Å². The number of carbonyl (C=O) groups is 1. The van der Waals surface area contributed by atoms with E-state index in [0.717, 1.165) is 21.0 Å². The van der Waals surface area contributed by atoms with E-state index in [1.54, 1.807) is 36.0 Å². The van der Waals surface area contributed by atoms with Crippen LogP contribution in [-0.2, 0) is 26.0 Å². The topological polar surface area (TPSA) is 75.7 Å². The van der Waals surface area contributed by atoms with Crippen LogP contribution in [0, 0.1) is 0 Å². The number of morpholine rings is 1. The van der Waals surface area contributed by atoms with E-state index in [-0.39, 0.29) is 10.8 Å². The third-order valence-electron chi connectivity index (χ3n) is 5.30. The summed E-state index contributed by atoms with van der Waals surface area (Å²) < 4.78 is 32.2. The number of benzene rings is 3. The standard InChI is InChI=1S/C25H26N2O4S2/c28-25(26-23-8-4-5-9-24(23)32-21-6-2-1-3-7-21)15-12-20-10-13-22(14-11-20)33(29,30)27-16-18-31-19-17-27/h1-11,13-14H,12,15-19H2,(H,26,28). The molecule has 1 saturated heterocycles. The van der Waals surface area contributed by atoms with Crippen LogP contribution in [0.5, 0.6) is 0 Å². The van der Waals surface area contributed by atoms with Gasteiger partial charge in [0, 0.05) is 29.3 Å². The zero-order chi connectivity index (χ0) is 23.1. The molecule has 4 rings (SSSR count). The Morgan fingerprint density at radius 3 is 2.30 bits per heavy atom. The maximum absolute atomic E-state index is 12.7. The lowest BCUT2D eigenvalue weighted by molar-refractivity contribution is -0.116. The van der Waals surface area contributed by atoms with Gasteiger partial charge >= 0.3 is 0 Å². The van der Waals surface area contributed by atoms with Crippen molar-refractivity contribution in [3.05, 3.63) is 84.4 Å². The van der Waals surface area contributed by atoms with E-state index in [1.807, 2.05) is 54.6 Å². The Bertz CT molecular complexity index is 1180. The van der Waals surface area contributed by atoms with Crippen molar-refractivity contribution in [2.24, 2.45) is 0 Å². The van der Waals surface area contributed by atoms with E-state index in [2.05, 4.69) is 5.32 Å². The van der Waals surface area contributed by atoms with Crippen LogP contribution < -0.4 is 5.32 Å². The van der Waals surface area contributed by atoms with Gasteiger partial charge in [0.25, 0.3) is 0 Å². The molecule has 0 radical (unpaired) electrons. The molecule has 1 N–H and O–H groups in total. The van der Waals surface area contributed by atoms with Crippen LogP contribution >= 0.6 is 11.8 Å². The molecular weight excluding hydrogens is 456 g/mol. The molecular formula is C25H26N2O4S2. The molecule has 0 atom stereocenters. The molecule has 0 bridgehead atoms. The molecule has 6 nitrogen and oxygen atoms in total. The molecule has 0 spiro atoms. The molecule has 0 unspecified atom stereocenters. The Balaban J connectivity index is 1.34. The molecule has 172 valence electrons. The number of anilines is 1. The van der Waals surface area contributed by atoms with Crippen LogP contribution in [0.2, 0.25) is 0 Å². The molecule has 0 aromatic heterocycles. The van der Waals surface area contributed by atoms with Gasteiger partial charge in [-0.15, -0.1) is 0 Å². The summed E-state index contributed by atoms with van der Waals surface area (Å²) in [6, 6.07) is 24.5. The van der Waals surface area contributed by atoms with E-state index >= 15 is 0 Å². The first-order valence-electron chi connectivity index (χ1n) is 10.8. The van der Waals surface area contributed by atoms with Crippen molar-refractivity contribution in [2.45, 2.75) is 27.5 Å². The molecule has 8 heteroatoms. The Hall–Kier alpha value is -2.65. The van der Waals surface area contributed by atoms with Crippen LogP contribution in [-0.4, -0.2) is 44.9 Å². The maximum Gasteiger partial charge on any atom is 0.243 e. The number of ether oxygens (including phenoxy) is 1. The normalized spacial score (nSPS) is 14.7. The van der Waals surface area contributed by atoms with Crippen molar-refractivity contribution in [1.29, 1.82) is 0 Å². The second-order valence-electron chi connectivity index (χ2n) is 7.62. The number of carbonyl (C=O) groups excluding carboxylic acids is 1. The minimum Gasteiger partial charge on any atom is -0.379 e. The first-order chi connectivity index (χ1) is 16.0. The quantitative estimate of drug-likeness (QED) is 0.514. The molecule has 1 aliphatic rings. The van der Waals surface area contributed by atoms with E-state index in [0.29, 0.717) is 39.1 Å². The highest BCUT2D eigenvalue weighted by Gasteiger charge is 2.26. The average molecular weight is 483 g/mol. The molecule has 0 aliphatic carbocycles. The average Bonchev–Trinajstić information content (AvgIpc) is 2.85. The number of hydrogen-bond donors (Lipinski definition) is 1. The summed E-state index contributed by atoms with van der Waals surface area (Å²) in [6.07, 6.45) is 0.831. The van der Waals surface area contributed by atoms with Crippen LogP contribution in [0.25, 0.3) is 0 Å². The minimum absolute atomic E-state index is 0.0823. The number of nitrogens with one attached hydrogen (secondary N) is 1. The molecule has 33 heavy (non-hydrogen) atoms. The molecule has 0 saturated carbocycles. The summed E-state index contributed by atoms with van der Waals surface area (Å²) in [5.74, 6) is -0.0823.